The van der Waals surface area contributed by atoms with Crippen LogP contribution in [0.5, 0.6) is 0 Å². The number of hydrogen-bond acceptors (Lipinski definition) is 3. The van der Waals surface area contributed by atoms with Gasteiger partial charge in [-0.05, 0) is 43.2 Å². The molecule has 2 aliphatic rings. The van der Waals surface area contributed by atoms with Crippen molar-refractivity contribution in [2.24, 2.45) is 0 Å². The van der Waals surface area contributed by atoms with E-state index in [0.29, 0.717) is 0 Å². The molecule has 4 rings (SSSR count). The smallest absolute Gasteiger partial charge is 0.360 e. The van der Waals surface area contributed by atoms with Crippen LogP contribution in [0.2, 0.25) is 0 Å². The maximum Gasteiger partial charge on any atom is 0.416 e. The molecule has 2 aromatic rings. The largest absolute Gasteiger partial charge is 0.416 e. The zero-order valence-corrected chi connectivity index (χ0v) is 19.1. The Hall–Kier alpha value is -3.17. The Bertz CT molecular complexity index is 1090. The summed E-state index contributed by atoms with van der Waals surface area (Å²) >= 11 is 0. The molecule has 188 valence electrons. The van der Waals surface area contributed by atoms with Crippen LogP contribution in [0.4, 0.5) is 33.3 Å². The number of piperazine rings is 1. The third kappa shape index (κ3) is 5.57. The van der Waals surface area contributed by atoms with Gasteiger partial charge in [0, 0.05) is 36.4 Å². The lowest BCUT2D eigenvalue weighted by molar-refractivity contribution is -0.137. The van der Waals surface area contributed by atoms with Crippen LogP contribution in [0.3, 0.4) is 0 Å². The van der Waals surface area contributed by atoms with Crippen molar-refractivity contribution in [2.75, 3.05) is 22.9 Å². The van der Waals surface area contributed by atoms with Gasteiger partial charge in [-0.2, -0.15) is 13.2 Å². The monoisotopic (exact) mass is 495 g/mol. The van der Waals surface area contributed by atoms with Gasteiger partial charge in [-0.25, -0.2) is 8.78 Å². The summed E-state index contributed by atoms with van der Waals surface area (Å²) in [5.41, 5.74) is -0.877. The number of carbonyl (C=O) groups excluding carboxylic acids is 2. The van der Waals surface area contributed by atoms with E-state index in [1.807, 2.05) is 0 Å². The average molecular weight is 495 g/mol. The van der Waals surface area contributed by atoms with Crippen molar-refractivity contribution in [3.05, 3.63) is 59.7 Å². The number of amides is 2. The summed E-state index contributed by atoms with van der Waals surface area (Å²) in [7, 11) is 0. The van der Waals surface area contributed by atoms with Gasteiger partial charge in [-0.3, -0.25) is 14.5 Å². The first kappa shape index (κ1) is 24.9. The minimum atomic E-state index is -4.56. The van der Waals surface area contributed by atoms with Crippen molar-refractivity contribution >= 4 is 23.2 Å². The average Bonchev–Trinajstić information content (AvgIpc) is 3.30. The Morgan fingerprint density at radius 2 is 1.54 bits per heavy atom. The highest BCUT2D eigenvalue weighted by molar-refractivity contribution is 6.04. The molecule has 0 radical (unpaired) electrons. The highest BCUT2D eigenvalue weighted by Gasteiger charge is 2.40. The molecule has 5 nitrogen and oxygen atoms in total. The van der Waals surface area contributed by atoms with Crippen molar-refractivity contribution in [2.45, 2.75) is 56.8 Å². The Kier molecular flexibility index (Phi) is 6.75. The summed E-state index contributed by atoms with van der Waals surface area (Å²) in [5, 5.41) is 2.93. The number of nitrogens with one attached hydrogen (secondary N) is 1. The van der Waals surface area contributed by atoms with Crippen LogP contribution < -0.4 is 15.1 Å². The standard InChI is InChI=1S/C25H26F5N3O2/c1-24(26,27)16-6-4-11-20(12-16)33-21(23(35)31-18-8-2-3-9-18)14-32(15-22(33)34)19-10-5-7-17(13-19)25(28,29)30/h4-7,10-13,18,21H,2-3,8-9,14-15H2,1H3,(H,31,35). The van der Waals surface area contributed by atoms with E-state index in [9.17, 15) is 31.5 Å². The maximum absolute atomic E-state index is 14.0. The Morgan fingerprint density at radius 3 is 2.17 bits per heavy atom. The number of anilines is 2. The Balaban J connectivity index is 1.68. The molecule has 1 aliphatic heterocycles. The zero-order valence-electron chi connectivity index (χ0n) is 19.1. The second kappa shape index (κ2) is 9.47. The molecule has 10 heteroatoms. The molecule has 1 atom stereocenters. The van der Waals surface area contributed by atoms with Crippen LogP contribution in [0, 0.1) is 0 Å². The second-order valence-electron chi connectivity index (χ2n) is 9.14. The highest BCUT2D eigenvalue weighted by atomic mass is 19.4. The van der Waals surface area contributed by atoms with Crippen LogP contribution in [0.15, 0.2) is 48.5 Å². The van der Waals surface area contributed by atoms with Gasteiger partial charge in [0.1, 0.15) is 6.04 Å². The summed E-state index contributed by atoms with van der Waals surface area (Å²) in [6.45, 7) is 0.351. The number of halogens is 5. The number of benzene rings is 2. The maximum atomic E-state index is 14.0. The van der Waals surface area contributed by atoms with Gasteiger partial charge in [0.05, 0.1) is 12.1 Å². The molecular weight excluding hydrogens is 469 g/mol. The van der Waals surface area contributed by atoms with Gasteiger partial charge in [-0.1, -0.05) is 31.0 Å². The fourth-order valence-corrected chi connectivity index (χ4v) is 4.66. The Labute approximate surface area is 199 Å². The SMILES string of the molecule is CC(F)(F)c1cccc(N2C(=O)CN(c3cccc(C(F)(F)F)c3)CC2C(=O)NC2CCCC2)c1. The van der Waals surface area contributed by atoms with E-state index in [4.69, 9.17) is 0 Å². The van der Waals surface area contributed by atoms with Crippen molar-refractivity contribution < 1.29 is 31.5 Å². The van der Waals surface area contributed by atoms with E-state index >= 15 is 0 Å². The second-order valence-corrected chi connectivity index (χ2v) is 9.14. The molecule has 1 heterocycles. The van der Waals surface area contributed by atoms with Crippen LogP contribution in [0.25, 0.3) is 0 Å². The van der Waals surface area contributed by atoms with E-state index in [0.717, 1.165) is 44.7 Å². The minimum absolute atomic E-state index is 0.0605. The third-order valence-electron chi connectivity index (χ3n) is 6.47. The lowest BCUT2D eigenvalue weighted by atomic mass is 10.0. The molecule has 2 fully saturated rings. The molecule has 0 bridgehead atoms. The molecule has 1 aliphatic carbocycles. The number of hydrogen-bond donors (Lipinski definition) is 1. The summed E-state index contributed by atoms with van der Waals surface area (Å²) in [5.74, 6) is -4.19. The normalized spacial score (nSPS) is 19.8. The van der Waals surface area contributed by atoms with Crippen molar-refractivity contribution in [3.8, 4) is 0 Å². The fourth-order valence-electron chi connectivity index (χ4n) is 4.66. The van der Waals surface area contributed by atoms with Crippen LogP contribution in [0.1, 0.15) is 43.7 Å². The van der Waals surface area contributed by atoms with E-state index in [2.05, 4.69) is 5.32 Å². The fraction of sp³-hybridized carbons (Fsp3) is 0.440. The molecule has 35 heavy (non-hydrogen) atoms. The van der Waals surface area contributed by atoms with Gasteiger partial charge in [-0.15, -0.1) is 0 Å². The predicted molar refractivity (Wildman–Crippen MR) is 121 cm³/mol. The number of nitrogens with zero attached hydrogens (tertiary/aromatic N) is 2. The molecule has 1 saturated heterocycles. The summed E-state index contributed by atoms with van der Waals surface area (Å²) in [6, 6.07) is 8.67. The molecule has 1 unspecified atom stereocenters. The van der Waals surface area contributed by atoms with Crippen molar-refractivity contribution in [1.29, 1.82) is 0 Å². The van der Waals surface area contributed by atoms with Gasteiger partial charge < -0.3 is 10.2 Å². The van der Waals surface area contributed by atoms with E-state index in [1.165, 1.54) is 46.2 Å². The quantitative estimate of drug-likeness (QED) is 0.588. The molecule has 2 amide bonds. The summed E-state index contributed by atoms with van der Waals surface area (Å²) < 4.78 is 67.6. The zero-order chi connectivity index (χ0) is 25.4. The highest BCUT2D eigenvalue weighted by Crippen LogP contribution is 2.34. The van der Waals surface area contributed by atoms with E-state index < -0.39 is 35.5 Å². The van der Waals surface area contributed by atoms with Gasteiger partial charge in [0.15, 0.2) is 0 Å². The van der Waals surface area contributed by atoms with Crippen LogP contribution >= 0.6 is 0 Å². The van der Waals surface area contributed by atoms with Gasteiger partial charge in [0.2, 0.25) is 11.8 Å². The minimum Gasteiger partial charge on any atom is -0.360 e. The van der Waals surface area contributed by atoms with Crippen molar-refractivity contribution in [3.63, 3.8) is 0 Å². The number of rotatable bonds is 5. The lowest BCUT2D eigenvalue weighted by Crippen LogP contribution is -2.62. The van der Waals surface area contributed by atoms with Crippen LogP contribution in [-0.4, -0.2) is 37.0 Å². The molecule has 0 aromatic heterocycles. The van der Waals surface area contributed by atoms with Gasteiger partial charge >= 0.3 is 6.18 Å². The third-order valence-corrected chi connectivity index (χ3v) is 6.47. The molecule has 1 saturated carbocycles. The van der Waals surface area contributed by atoms with E-state index in [1.54, 1.807) is 0 Å². The summed E-state index contributed by atoms with van der Waals surface area (Å²) in [6.07, 6.45) is -1.06. The first-order chi connectivity index (χ1) is 16.4. The van der Waals surface area contributed by atoms with Gasteiger partial charge in [0.25, 0.3) is 5.92 Å². The molecular formula is C25H26F5N3O2. The molecule has 1 N–H and O–H groups in total. The van der Waals surface area contributed by atoms with Crippen molar-refractivity contribution in [1.82, 2.24) is 5.32 Å². The molecule has 2 aromatic carbocycles. The first-order valence-electron chi connectivity index (χ1n) is 11.5. The molecule has 0 spiro atoms. The lowest BCUT2D eigenvalue weighted by Gasteiger charge is -2.41. The van der Waals surface area contributed by atoms with Crippen LogP contribution in [-0.2, 0) is 21.7 Å². The van der Waals surface area contributed by atoms with E-state index in [-0.39, 0.29) is 36.1 Å². The predicted octanol–water partition coefficient (Wildman–Crippen LogP) is 5.10. The topological polar surface area (TPSA) is 52.7 Å². The number of alkyl halides is 5. The number of carbonyl (C=O) groups is 2. The summed E-state index contributed by atoms with van der Waals surface area (Å²) in [4.78, 5) is 29.2. The first-order valence-corrected chi connectivity index (χ1v) is 11.5. The Morgan fingerprint density at radius 1 is 0.943 bits per heavy atom.